The average Bonchev–Trinajstić information content (AvgIpc) is 1.64. The molecule has 0 aromatic carbocycles. The molecule has 0 aromatic rings. The smallest absolute Gasteiger partial charge is 0.363 e. The predicted octanol–water partition coefficient (Wildman–Crippen LogP) is -0.0231. The summed E-state index contributed by atoms with van der Waals surface area (Å²) in [5.41, 5.74) is 4.31. The van der Waals surface area contributed by atoms with Gasteiger partial charge in [-0.3, -0.25) is 10.1 Å². The van der Waals surface area contributed by atoms with E-state index >= 15 is 0 Å². The van der Waals surface area contributed by atoms with Crippen molar-refractivity contribution in [2.24, 2.45) is 5.73 Å². The van der Waals surface area contributed by atoms with Crippen molar-refractivity contribution in [1.82, 2.24) is 0 Å². The molecule has 0 saturated carbocycles. The number of nitro groups is 1. The van der Waals surface area contributed by atoms with E-state index in [2.05, 4.69) is 0 Å². The summed E-state index contributed by atoms with van der Waals surface area (Å²) in [6.07, 6.45) is 0. The van der Waals surface area contributed by atoms with Crippen molar-refractivity contribution in [2.45, 2.75) is 6.92 Å². The Hall–Kier alpha value is -1.57. The van der Waals surface area contributed by atoms with Crippen molar-refractivity contribution in [2.75, 3.05) is 0 Å². The highest BCUT2D eigenvalue weighted by atomic mass is 16.6. The van der Waals surface area contributed by atoms with Gasteiger partial charge in [0.25, 0.3) is 0 Å². The van der Waals surface area contributed by atoms with Crippen LogP contribution in [0.5, 0.6) is 0 Å². The summed E-state index contributed by atoms with van der Waals surface area (Å²) >= 11 is 0. The molecule has 0 aliphatic rings. The number of hydrogen-bond acceptors (Lipinski definition) is 4. The molecule has 2 N–H and O–H groups in total. The first kappa shape index (κ1) is 7.43. The van der Waals surface area contributed by atoms with Crippen molar-refractivity contribution < 1.29 is 4.92 Å². The van der Waals surface area contributed by atoms with Crippen LogP contribution < -0.4 is 5.73 Å². The first-order valence-electron chi connectivity index (χ1n) is 2.10. The molecule has 5 heteroatoms. The van der Waals surface area contributed by atoms with E-state index in [0.717, 1.165) is 0 Å². The van der Waals surface area contributed by atoms with Gasteiger partial charge in [0.2, 0.25) is 0 Å². The Balaban J connectivity index is 4.62. The Labute approximate surface area is 51.5 Å². The van der Waals surface area contributed by atoms with Crippen LogP contribution >= 0.6 is 0 Å². The van der Waals surface area contributed by atoms with Crippen LogP contribution in [0, 0.1) is 21.4 Å². The van der Waals surface area contributed by atoms with Gasteiger partial charge < -0.3 is 5.73 Å². The minimum Gasteiger partial charge on any atom is -0.396 e. The van der Waals surface area contributed by atoms with E-state index in [1.54, 1.807) is 0 Å². The summed E-state index contributed by atoms with van der Waals surface area (Å²) in [6, 6.07) is 1.36. The summed E-state index contributed by atoms with van der Waals surface area (Å²) in [5.74, 6) is 0. The second-order valence-electron chi connectivity index (χ2n) is 1.40. The Morgan fingerprint density at radius 2 is 2.33 bits per heavy atom. The first-order chi connectivity index (χ1) is 4.09. The lowest BCUT2D eigenvalue weighted by Crippen LogP contribution is -2.04. The molecule has 0 atom stereocenters. The quantitative estimate of drug-likeness (QED) is 0.304. The molecule has 0 fully saturated rings. The van der Waals surface area contributed by atoms with Gasteiger partial charge in [-0.15, -0.1) is 0 Å². The maximum atomic E-state index is 9.82. The van der Waals surface area contributed by atoms with Crippen LogP contribution in [0.15, 0.2) is 11.4 Å². The SMILES string of the molecule is CC(N)=C(C#N)[N+](=O)[O-]. The summed E-state index contributed by atoms with van der Waals surface area (Å²) in [7, 11) is 0. The van der Waals surface area contributed by atoms with E-state index in [1.165, 1.54) is 13.0 Å². The number of hydrogen-bond donors (Lipinski definition) is 1. The van der Waals surface area contributed by atoms with Crippen LogP contribution in [-0.4, -0.2) is 4.92 Å². The van der Waals surface area contributed by atoms with E-state index in [1.807, 2.05) is 0 Å². The van der Waals surface area contributed by atoms with Crippen LogP contribution in [-0.2, 0) is 0 Å². The van der Waals surface area contributed by atoms with Crippen molar-refractivity contribution in [3.63, 3.8) is 0 Å². The highest BCUT2D eigenvalue weighted by Crippen LogP contribution is 1.95. The van der Waals surface area contributed by atoms with Crippen LogP contribution in [0.3, 0.4) is 0 Å². The van der Waals surface area contributed by atoms with Crippen molar-refractivity contribution in [3.05, 3.63) is 21.5 Å². The zero-order valence-corrected chi connectivity index (χ0v) is 4.79. The highest BCUT2D eigenvalue weighted by Gasteiger charge is 2.10. The number of rotatable bonds is 1. The highest BCUT2D eigenvalue weighted by molar-refractivity contribution is 5.16. The standard InChI is InChI=1S/C4H5N3O2/c1-3(6)4(2-5)7(8)9/h6H2,1H3. The first-order valence-corrected chi connectivity index (χ1v) is 2.10. The minimum absolute atomic E-state index is 0.0671. The topological polar surface area (TPSA) is 93.0 Å². The fourth-order valence-electron chi connectivity index (χ4n) is 0.273. The molecule has 9 heavy (non-hydrogen) atoms. The van der Waals surface area contributed by atoms with Crippen LogP contribution in [0.2, 0.25) is 0 Å². The van der Waals surface area contributed by atoms with Gasteiger partial charge in [0.1, 0.15) is 0 Å². The van der Waals surface area contributed by atoms with Crippen molar-refractivity contribution >= 4 is 0 Å². The third kappa shape index (κ3) is 1.78. The summed E-state index contributed by atoms with van der Waals surface area (Å²) in [5, 5.41) is 17.9. The number of nitriles is 1. The maximum Gasteiger partial charge on any atom is 0.363 e. The van der Waals surface area contributed by atoms with E-state index in [0.29, 0.717) is 0 Å². The Bertz CT molecular complexity index is 196. The monoisotopic (exact) mass is 127 g/mol. The molecule has 0 rings (SSSR count). The van der Waals surface area contributed by atoms with Gasteiger partial charge in [-0.25, -0.2) is 0 Å². The molecule has 0 aromatic heterocycles. The molecule has 0 aliphatic carbocycles. The van der Waals surface area contributed by atoms with Gasteiger partial charge in [-0.2, -0.15) is 5.26 Å². The van der Waals surface area contributed by atoms with Crippen LogP contribution in [0.25, 0.3) is 0 Å². The molecule has 0 saturated heterocycles. The second-order valence-corrected chi connectivity index (χ2v) is 1.40. The lowest BCUT2D eigenvalue weighted by atomic mass is 10.4. The summed E-state index contributed by atoms with van der Waals surface area (Å²) in [6.45, 7) is 1.31. The van der Waals surface area contributed by atoms with Gasteiger partial charge in [-0.1, -0.05) is 0 Å². The molecule has 0 spiro atoms. The zero-order valence-electron chi connectivity index (χ0n) is 4.79. The molecule has 0 heterocycles. The second kappa shape index (κ2) is 2.67. The molecule has 0 radical (unpaired) electrons. The predicted molar refractivity (Wildman–Crippen MR) is 29.5 cm³/mol. The van der Waals surface area contributed by atoms with Gasteiger partial charge in [0.05, 0.1) is 10.6 Å². The molecule has 5 nitrogen and oxygen atoms in total. The molecule has 0 aliphatic heterocycles. The average molecular weight is 127 g/mol. The van der Waals surface area contributed by atoms with Crippen molar-refractivity contribution in [1.29, 1.82) is 5.26 Å². The molecular formula is C4H5N3O2. The largest absolute Gasteiger partial charge is 0.396 e. The van der Waals surface area contributed by atoms with Gasteiger partial charge in [0, 0.05) is 0 Å². The molecule has 0 unspecified atom stereocenters. The Morgan fingerprint density at radius 3 is 2.33 bits per heavy atom. The van der Waals surface area contributed by atoms with E-state index in [4.69, 9.17) is 11.0 Å². The van der Waals surface area contributed by atoms with Crippen LogP contribution in [0.4, 0.5) is 0 Å². The maximum absolute atomic E-state index is 9.82. The van der Waals surface area contributed by atoms with E-state index in [-0.39, 0.29) is 5.70 Å². The zero-order chi connectivity index (χ0) is 7.44. The normalized spacial score (nSPS) is 11.6. The molecule has 0 bridgehead atoms. The number of nitrogens with two attached hydrogens (primary N) is 1. The Morgan fingerprint density at radius 1 is 1.89 bits per heavy atom. The molecule has 48 valence electrons. The third-order valence-electron chi connectivity index (χ3n) is 0.662. The number of allylic oxidation sites excluding steroid dienone is 2. The van der Waals surface area contributed by atoms with E-state index < -0.39 is 10.6 Å². The summed E-state index contributed by atoms with van der Waals surface area (Å²) in [4.78, 5) is 9.01. The van der Waals surface area contributed by atoms with Gasteiger partial charge >= 0.3 is 5.70 Å². The molecular weight excluding hydrogens is 122 g/mol. The van der Waals surface area contributed by atoms with Crippen LogP contribution in [0.1, 0.15) is 6.92 Å². The third-order valence-corrected chi connectivity index (χ3v) is 0.662. The van der Waals surface area contributed by atoms with Gasteiger partial charge in [0.15, 0.2) is 6.07 Å². The Kier molecular flexibility index (Phi) is 2.20. The van der Waals surface area contributed by atoms with Crippen molar-refractivity contribution in [3.8, 4) is 6.07 Å². The van der Waals surface area contributed by atoms with E-state index in [9.17, 15) is 10.1 Å². The number of nitrogens with zero attached hydrogens (tertiary/aromatic N) is 2. The molecule has 0 amide bonds. The minimum atomic E-state index is -0.810. The van der Waals surface area contributed by atoms with Gasteiger partial charge in [-0.05, 0) is 6.92 Å². The lowest BCUT2D eigenvalue weighted by Gasteiger charge is -1.86. The lowest BCUT2D eigenvalue weighted by molar-refractivity contribution is -0.418. The fourth-order valence-corrected chi connectivity index (χ4v) is 0.273. The summed E-state index contributed by atoms with van der Waals surface area (Å²) < 4.78 is 0. The fraction of sp³-hybridized carbons (Fsp3) is 0.250.